The van der Waals surface area contributed by atoms with E-state index in [1.54, 1.807) is 25.1 Å². The van der Waals surface area contributed by atoms with E-state index in [0.717, 1.165) is 5.56 Å². The van der Waals surface area contributed by atoms with Gasteiger partial charge in [-0.15, -0.1) is 0 Å². The predicted octanol–water partition coefficient (Wildman–Crippen LogP) is 2.66. The number of nitrogens with one attached hydrogen (secondary N) is 2. The Hall–Kier alpha value is -2.27. The molecule has 2 aromatic rings. The van der Waals surface area contributed by atoms with E-state index in [2.05, 4.69) is 10.3 Å². The van der Waals surface area contributed by atoms with E-state index >= 15 is 0 Å². The summed E-state index contributed by atoms with van der Waals surface area (Å²) in [5.41, 5.74) is 1.83. The maximum Gasteiger partial charge on any atom is 0.262 e. The second kappa shape index (κ2) is 6.45. The van der Waals surface area contributed by atoms with Crippen LogP contribution in [0.25, 0.3) is 0 Å². The largest absolute Gasteiger partial charge is 0.478 e. The van der Waals surface area contributed by atoms with Crippen molar-refractivity contribution in [1.82, 2.24) is 4.98 Å². The molecule has 1 heterocycles. The third-order valence-electron chi connectivity index (χ3n) is 2.91. The number of hydrogen-bond acceptors (Lipinski definition) is 3. The first-order valence-corrected chi connectivity index (χ1v) is 6.72. The molecule has 0 aliphatic heterocycles. The molecule has 110 valence electrons. The molecule has 2 N–H and O–H groups in total. The summed E-state index contributed by atoms with van der Waals surface area (Å²) in [6.45, 7) is 3.31. The number of hydrogen-bond donors (Lipinski definition) is 2. The molecule has 6 heteroatoms. The van der Waals surface area contributed by atoms with Crippen molar-refractivity contribution in [1.29, 1.82) is 0 Å². The van der Waals surface area contributed by atoms with Gasteiger partial charge in [0.15, 0.2) is 12.4 Å². The van der Waals surface area contributed by atoms with Crippen molar-refractivity contribution in [3.63, 3.8) is 0 Å². The van der Waals surface area contributed by atoms with Crippen LogP contribution in [0.1, 0.15) is 11.3 Å². The molecular weight excluding hydrogens is 292 g/mol. The number of pyridine rings is 1. The Morgan fingerprint density at radius 1 is 1.33 bits per heavy atom. The lowest BCUT2D eigenvalue weighted by molar-refractivity contribution is -0.118. The number of carbonyl (C=O) groups excluding carboxylic acids is 1. The van der Waals surface area contributed by atoms with Crippen molar-refractivity contribution >= 4 is 23.2 Å². The van der Waals surface area contributed by atoms with E-state index < -0.39 is 0 Å². The molecule has 0 spiro atoms. The second-order valence-electron chi connectivity index (χ2n) is 4.59. The average Bonchev–Trinajstić information content (AvgIpc) is 2.41. The van der Waals surface area contributed by atoms with Gasteiger partial charge in [-0.2, -0.15) is 0 Å². The number of aromatic amines is 1. The lowest BCUT2D eigenvalue weighted by atomic mass is 10.2. The van der Waals surface area contributed by atoms with Crippen LogP contribution in [0.4, 0.5) is 5.69 Å². The van der Waals surface area contributed by atoms with Crippen LogP contribution < -0.4 is 15.5 Å². The lowest BCUT2D eigenvalue weighted by Crippen LogP contribution is -2.23. The van der Waals surface area contributed by atoms with Crippen molar-refractivity contribution in [2.45, 2.75) is 13.8 Å². The number of benzene rings is 1. The molecule has 0 saturated heterocycles. The zero-order chi connectivity index (χ0) is 15.4. The highest BCUT2D eigenvalue weighted by Crippen LogP contribution is 2.19. The number of carbonyl (C=O) groups is 1. The Kier molecular flexibility index (Phi) is 4.65. The third kappa shape index (κ3) is 3.86. The smallest absolute Gasteiger partial charge is 0.262 e. The number of halogens is 1. The molecule has 5 nitrogen and oxygen atoms in total. The van der Waals surface area contributed by atoms with Crippen molar-refractivity contribution < 1.29 is 9.53 Å². The van der Waals surface area contributed by atoms with Crippen LogP contribution in [0, 0.1) is 13.8 Å². The number of anilines is 1. The summed E-state index contributed by atoms with van der Waals surface area (Å²) < 4.78 is 5.28. The quantitative estimate of drug-likeness (QED) is 0.912. The number of aryl methyl sites for hydroxylation is 2. The molecule has 0 aliphatic rings. The van der Waals surface area contributed by atoms with Gasteiger partial charge in [0.25, 0.3) is 5.91 Å². The van der Waals surface area contributed by atoms with Gasteiger partial charge in [-0.1, -0.05) is 11.6 Å². The Balaban J connectivity index is 2.01. The zero-order valence-corrected chi connectivity index (χ0v) is 12.5. The SMILES string of the molecule is Cc1cc(Cl)ccc1NC(=O)COc1c(C)[nH]ccc1=O. The van der Waals surface area contributed by atoms with E-state index in [-0.39, 0.29) is 23.7 Å². The lowest BCUT2D eigenvalue weighted by Gasteiger charge is -2.10. The van der Waals surface area contributed by atoms with Gasteiger partial charge in [0.05, 0.1) is 5.69 Å². The Labute approximate surface area is 126 Å². The summed E-state index contributed by atoms with van der Waals surface area (Å²) in [5, 5.41) is 3.32. The standard InChI is InChI=1S/C15H15ClN2O3/c1-9-7-11(16)3-4-12(9)18-14(20)8-21-15-10(2)17-6-5-13(15)19/h3-7H,8H2,1-2H3,(H,17,19)(H,18,20). The minimum Gasteiger partial charge on any atom is -0.478 e. The highest BCUT2D eigenvalue weighted by molar-refractivity contribution is 6.30. The van der Waals surface area contributed by atoms with Crippen LogP contribution in [0.5, 0.6) is 5.75 Å². The predicted molar refractivity (Wildman–Crippen MR) is 82.1 cm³/mol. The third-order valence-corrected chi connectivity index (χ3v) is 3.14. The van der Waals surface area contributed by atoms with Crippen molar-refractivity contribution in [3.05, 3.63) is 57.0 Å². The Morgan fingerprint density at radius 3 is 2.76 bits per heavy atom. The van der Waals surface area contributed by atoms with E-state index in [1.165, 1.54) is 12.3 Å². The van der Waals surface area contributed by atoms with E-state index in [1.807, 2.05) is 6.92 Å². The molecule has 0 unspecified atom stereocenters. The maximum absolute atomic E-state index is 11.9. The van der Waals surface area contributed by atoms with Gasteiger partial charge < -0.3 is 15.0 Å². The van der Waals surface area contributed by atoms with Crippen molar-refractivity contribution in [2.24, 2.45) is 0 Å². The van der Waals surface area contributed by atoms with Gasteiger partial charge in [-0.3, -0.25) is 9.59 Å². The molecule has 1 amide bonds. The molecule has 0 saturated carbocycles. The number of H-pyrrole nitrogens is 1. The van der Waals surface area contributed by atoms with Crippen LogP contribution in [-0.4, -0.2) is 17.5 Å². The van der Waals surface area contributed by atoms with Crippen molar-refractivity contribution in [3.8, 4) is 5.75 Å². The summed E-state index contributed by atoms with van der Waals surface area (Å²) in [6, 6.07) is 6.51. The number of amides is 1. The minimum atomic E-state index is -0.344. The summed E-state index contributed by atoms with van der Waals surface area (Å²) in [6.07, 6.45) is 1.53. The highest BCUT2D eigenvalue weighted by atomic mass is 35.5. The van der Waals surface area contributed by atoms with Gasteiger partial charge in [-0.25, -0.2) is 0 Å². The number of rotatable bonds is 4. The van der Waals surface area contributed by atoms with Gasteiger partial charge in [0.2, 0.25) is 5.43 Å². The van der Waals surface area contributed by atoms with Crippen LogP contribution in [0.15, 0.2) is 35.3 Å². The van der Waals surface area contributed by atoms with E-state index in [9.17, 15) is 9.59 Å². The summed E-state index contributed by atoms with van der Waals surface area (Å²) in [7, 11) is 0. The van der Waals surface area contributed by atoms with Crippen LogP contribution in [-0.2, 0) is 4.79 Å². The summed E-state index contributed by atoms with van der Waals surface area (Å²) >= 11 is 5.85. The molecule has 0 aliphatic carbocycles. The van der Waals surface area contributed by atoms with Gasteiger partial charge in [0.1, 0.15) is 0 Å². The summed E-state index contributed by atoms with van der Waals surface area (Å²) in [4.78, 5) is 26.3. The van der Waals surface area contributed by atoms with Crippen LogP contribution >= 0.6 is 11.6 Å². The molecule has 0 atom stereocenters. The first-order valence-electron chi connectivity index (χ1n) is 6.34. The zero-order valence-electron chi connectivity index (χ0n) is 11.7. The monoisotopic (exact) mass is 306 g/mol. The first-order chi connectivity index (χ1) is 9.97. The molecular formula is C15H15ClN2O3. The molecule has 1 aromatic heterocycles. The molecule has 1 aromatic carbocycles. The van der Waals surface area contributed by atoms with E-state index in [0.29, 0.717) is 16.4 Å². The second-order valence-corrected chi connectivity index (χ2v) is 5.03. The normalized spacial score (nSPS) is 10.2. The van der Waals surface area contributed by atoms with Crippen molar-refractivity contribution in [2.75, 3.05) is 11.9 Å². The highest BCUT2D eigenvalue weighted by Gasteiger charge is 2.09. The fourth-order valence-corrected chi connectivity index (χ4v) is 2.07. The van der Waals surface area contributed by atoms with Crippen LogP contribution in [0.2, 0.25) is 5.02 Å². The number of ether oxygens (including phenoxy) is 1. The molecule has 0 bridgehead atoms. The van der Waals surface area contributed by atoms with E-state index in [4.69, 9.17) is 16.3 Å². The molecule has 0 fully saturated rings. The average molecular weight is 307 g/mol. The topological polar surface area (TPSA) is 71.2 Å². The molecule has 2 rings (SSSR count). The fraction of sp³-hybridized carbons (Fsp3) is 0.200. The Bertz CT molecular complexity index is 725. The minimum absolute atomic E-state index is 0.153. The van der Waals surface area contributed by atoms with Gasteiger partial charge in [0, 0.05) is 23.0 Å². The van der Waals surface area contributed by atoms with Gasteiger partial charge >= 0.3 is 0 Å². The number of aromatic nitrogens is 1. The maximum atomic E-state index is 11.9. The molecule has 0 radical (unpaired) electrons. The Morgan fingerprint density at radius 2 is 2.10 bits per heavy atom. The fourth-order valence-electron chi connectivity index (χ4n) is 1.84. The summed E-state index contributed by atoms with van der Waals surface area (Å²) in [5.74, 6) is -0.191. The van der Waals surface area contributed by atoms with Gasteiger partial charge in [-0.05, 0) is 37.6 Å². The first kappa shape index (κ1) is 15.1. The molecule has 21 heavy (non-hydrogen) atoms. The van der Waals surface area contributed by atoms with Crippen LogP contribution in [0.3, 0.4) is 0 Å².